The predicted octanol–water partition coefficient (Wildman–Crippen LogP) is 2.53. The van der Waals surface area contributed by atoms with E-state index in [0.717, 1.165) is 5.56 Å². The van der Waals surface area contributed by atoms with Crippen molar-refractivity contribution in [3.05, 3.63) is 70.2 Å². The number of ether oxygens (including phenoxy) is 1. The van der Waals surface area contributed by atoms with Gasteiger partial charge in [-0.3, -0.25) is 0 Å². The fourth-order valence-electron chi connectivity index (χ4n) is 2.12. The SMILES string of the molecule is N#Cc1ccc(Cl)c(C(O)C(O)CNC(=O)OCc2ccccc2)c1. The number of alkyl carbamates (subject to hydrolysis) is 1. The van der Waals surface area contributed by atoms with E-state index >= 15 is 0 Å². The van der Waals surface area contributed by atoms with Gasteiger partial charge in [-0.05, 0) is 23.8 Å². The van der Waals surface area contributed by atoms with Crippen molar-refractivity contribution in [2.24, 2.45) is 0 Å². The number of nitrogens with zero attached hydrogens (tertiary/aromatic N) is 1. The van der Waals surface area contributed by atoms with Crippen LogP contribution in [0.5, 0.6) is 0 Å². The van der Waals surface area contributed by atoms with E-state index < -0.39 is 18.3 Å². The molecule has 7 heteroatoms. The zero-order chi connectivity index (χ0) is 18.2. The summed E-state index contributed by atoms with van der Waals surface area (Å²) in [4.78, 5) is 11.7. The maximum Gasteiger partial charge on any atom is 0.407 e. The molecule has 0 aliphatic rings. The van der Waals surface area contributed by atoms with Crippen molar-refractivity contribution >= 4 is 17.7 Å². The van der Waals surface area contributed by atoms with E-state index in [1.54, 1.807) is 0 Å². The van der Waals surface area contributed by atoms with Crippen LogP contribution in [-0.4, -0.2) is 29.0 Å². The van der Waals surface area contributed by atoms with Crippen molar-refractivity contribution in [3.8, 4) is 6.07 Å². The molecule has 2 rings (SSSR count). The number of rotatable bonds is 6. The Hall–Kier alpha value is -2.59. The van der Waals surface area contributed by atoms with Crippen molar-refractivity contribution in [2.75, 3.05) is 6.54 Å². The molecule has 0 aromatic heterocycles. The first-order valence-electron chi connectivity index (χ1n) is 7.51. The van der Waals surface area contributed by atoms with Gasteiger partial charge in [0.2, 0.25) is 0 Å². The summed E-state index contributed by atoms with van der Waals surface area (Å²) < 4.78 is 5.01. The molecule has 0 fully saturated rings. The van der Waals surface area contributed by atoms with Crippen molar-refractivity contribution in [2.45, 2.75) is 18.8 Å². The van der Waals surface area contributed by atoms with Crippen LogP contribution in [0.1, 0.15) is 22.8 Å². The summed E-state index contributed by atoms with van der Waals surface area (Å²) in [5.41, 5.74) is 1.35. The number of amides is 1. The summed E-state index contributed by atoms with van der Waals surface area (Å²) in [6.45, 7) is -0.136. The maximum absolute atomic E-state index is 11.7. The Labute approximate surface area is 150 Å². The monoisotopic (exact) mass is 360 g/mol. The lowest BCUT2D eigenvalue weighted by atomic mass is 10.0. The average Bonchev–Trinajstić information content (AvgIpc) is 2.65. The molecule has 0 radical (unpaired) electrons. The van der Waals surface area contributed by atoms with Crippen LogP contribution in [-0.2, 0) is 11.3 Å². The summed E-state index contributed by atoms with van der Waals surface area (Å²) >= 11 is 5.98. The lowest BCUT2D eigenvalue weighted by Crippen LogP contribution is -2.35. The molecule has 6 nitrogen and oxygen atoms in total. The number of hydrogen-bond donors (Lipinski definition) is 3. The van der Waals surface area contributed by atoms with Gasteiger partial charge in [0.05, 0.1) is 11.6 Å². The fraction of sp³-hybridized carbons (Fsp3) is 0.222. The molecule has 0 heterocycles. The molecule has 2 unspecified atom stereocenters. The summed E-state index contributed by atoms with van der Waals surface area (Å²) in [7, 11) is 0. The molecule has 0 bridgehead atoms. The van der Waals surface area contributed by atoms with Crippen LogP contribution in [0.4, 0.5) is 4.79 Å². The molecule has 0 spiro atoms. The number of halogens is 1. The molecule has 130 valence electrons. The van der Waals surface area contributed by atoms with Gasteiger partial charge in [-0.1, -0.05) is 41.9 Å². The number of hydrogen-bond acceptors (Lipinski definition) is 5. The molecule has 0 aliphatic carbocycles. The van der Waals surface area contributed by atoms with Crippen LogP contribution < -0.4 is 5.32 Å². The normalized spacial score (nSPS) is 12.7. The van der Waals surface area contributed by atoms with Crippen LogP contribution >= 0.6 is 11.6 Å². The van der Waals surface area contributed by atoms with Crippen LogP contribution in [0.3, 0.4) is 0 Å². The van der Waals surface area contributed by atoms with Gasteiger partial charge in [0.15, 0.2) is 0 Å². The van der Waals surface area contributed by atoms with E-state index in [1.807, 2.05) is 36.4 Å². The summed E-state index contributed by atoms with van der Waals surface area (Å²) in [5.74, 6) is 0. The maximum atomic E-state index is 11.7. The number of nitrogens with one attached hydrogen (secondary N) is 1. The molecule has 2 aromatic rings. The Kier molecular flexibility index (Phi) is 6.78. The third kappa shape index (κ3) is 5.47. The zero-order valence-corrected chi connectivity index (χ0v) is 14.0. The molecule has 1 amide bonds. The standard InChI is InChI=1S/C18H17ClN2O4/c19-15-7-6-13(9-20)8-14(15)17(23)16(22)10-21-18(24)25-11-12-4-2-1-3-5-12/h1-8,16-17,22-23H,10-11H2,(H,21,24). The first kappa shape index (κ1) is 18.7. The molecule has 25 heavy (non-hydrogen) atoms. The molecule has 2 aromatic carbocycles. The largest absolute Gasteiger partial charge is 0.445 e. The van der Waals surface area contributed by atoms with E-state index in [1.165, 1.54) is 18.2 Å². The van der Waals surface area contributed by atoms with Crippen molar-refractivity contribution in [1.29, 1.82) is 5.26 Å². The van der Waals surface area contributed by atoms with Crippen LogP contribution in [0.15, 0.2) is 48.5 Å². The second kappa shape index (κ2) is 9.04. The van der Waals surface area contributed by atoms with Gasteiger partial charge in [-0.15, -0.1) is 0 Å². The van der Waals surface area contributed by atoms with Gasteiger partial charge in [0.1, 0.15) is 18.8 Å². The second-order valence-corrected chi connectivity index (χ2v) is 5.71. The Morgan fingerprint density at radius 3 is 2.64 bits per heavy atom. The summed E-state index contributed by atoms with van der Waals surface area (Å²) in [6.07, 6.45) is -3.38. The molecule has 0 saturated heterocycles. The molecule has 2 atom stereocenters. The molecule has 0 aliphatic heterocycles. The first-order valence-corrected chi connectivity index (χ1v) is 7.89. The van der Waals surface area contributed by atoms with E-state index in [-0.39, 0.29) is 23.7 Å². The Morgan fingerprint density at radius 2 is 1.96 bits per heavy atom. The third-order valence-electron chi connectivity index (χ3n) is 3.48. The topological polar surface area (TPSA) is 103 Å². The minimum Gasteiger partial charge on any atom is -0.445 e. The summed E-state index contributed by atoms with van der Waals surface area (Å²) in [6, 6.07) is 15.4. The fourth-order valence-corrected chi connectivity index (χ4v) is 2.35. The number of aliphatic hydroxyl groups is 2. The Balaban J connectivity index is 1.86. The number of aliphatic hydroxyl groups excluding tert-OH is 2. The van der Waals surface area contributed by atoms with Gasteiger partial charge in [-0.25, -0.2) is 4.79 Å². The summed E-state index contributed by atoms with van der Waals surface area (Å²) in [5, 5.41) is 31.7. The van der Waals surface area contributed by atoms with E-state index in [4.69, 9.17) is 21.6 Å². The number of nitriles is 1. The lowest BCUT2D eigenvalue weighted by molar-refractivity contribution is 0.0184. The minimum atomic E-state index is -1.35. The Bertz CT molecular complexity index is 761. The second-order valence-electron chi connectivity index (χ2n) is 5.30. The number of benzene rings is 2. The smallest absolute Gasteiger partial charge is 0.407 e. The lowest BCUT2D eigenvalue weighted by Gasteiger charge is -2.19. The first-order chi connectivity index (χ1) is 12.0. The zero-order valence-electron chi connectivity index (χ0n) is 13.2. The van der Waals surface area contributed by atoms with E-state index in [0.29, 0.717) is 5.56 Å². The molecule has 3 N–H and O–H groups in total. The predicted molar refractivity (Wildman–Crippen MR) is 91.8 cm³/mol. The van der Waals surface area contributed by atoms with E-state index in [9.17, 15) is 15.0 Å². The highest BCUT2D eigenvalue weighted by molar-refractivity contribution is 6.31. The average molecular weight is 361 g/mol. The van der Waals surface area contributed by atoms with Crippen LogP contribution in [0, 0.1) is 11.3 Å². The van der Waals surface area contributed by atoms with Gasteiger partial charge in [-0.2, -0.15) is 5.26 Å². The van der Waals surface area contributed by atoms with Gasteiger partial charge >= 0.3 is 6.09 Å². The van der Waals surface area contributed by atoms with Crippen LogP contribution in [0.25, 0.3) is 0 Å². The Morgan fingerprint density at radius 1 is 1.24 bits per heavy atom. The number of carbonyl (C=O) groups is 1. The highest BCUT2D eigenvalue weighted by atomic mass is 35.5. The highest BCUT2D eigenvalue weighted by Gasteiger charge is 2.22. The van der Waals surface area contributed by atoms with E-state index in [2.05, 4.69) is 5.32 Å². The molecular weight excluding hydrogens is 344 g/mol. The van der Waals surface area contributed by atoms with Crippen molar-refractivity contribution in [3.63, 3.8) is 0 Å². The quantitative estimate of drug-likeness (QED) is 0.734. The molecular formula is C18H17ClN2O4. The van der Waals surface area contributed by atoms with Gasteiger partial charge in [0.25, 0.3) is 0 Å². The van der Waals surface area contributed by atoms with Gasteiger partial charge < -0.3 is 20.3 Å². The molecule has 0 saturated carbocycles. The number of carbonyl (C=O) groups excluding carboxylic acids is 1. The van der Waals surface area contributed by atoms with Crippen LogP contribution in [0.2, 0.25) is 5.02 Å². The van der Waals surface area contributed by atoms with Crippen molar-refractivity contribution < 1.29 is 19.7 Å². The van der Waals surface area contributed by atoms with Gasteiger partial charge in [0, 0.05) is 17.1 Å². The minimum absolute atomic E-state index is 0.0986. The van der Waals surface area contributed by atoms with Crippen molar-refractivity contribution in [1.82, 2.24) is 5.32 Å². The highest BCUT2D eigenvalue weighted by Crippen LogP contribution is 2.26. The third-order valence-corrected chi connectivity index (χ3v) is 3.82.